The summed E-state index contributed by atoms with van der Waals surface area (Å²) < 4.78 is 26.4. The van der Waals surface area contributed by atoms with Gasteiger partial charge in [0.05, 0.1) is 6.61 Å². The molecule has 3 N–H and O–H groups in total. The standard InChI is InChI=1S/C9H12N4O3S2/c14-4-7-3-9(17-5-7)18(15,16)12-2-1-8-10-6-11-13-8/h3,5-6,12,14H,1-2,4H2,(H,10,11,13). The second-order valence-corrected chi connectivity index (χ2v) is 6.42. The molecule has 0 spiro atoms. The van der Waals surface area contributed by atoms with E-state index in [-0.39, 0.29) is 17.4 Å². The van der Waals surface area contributed by atoms with E-state index in [1.54, 1.807) is 5.38 Å². The minimum atomic E-state index is -3.51. The van der Waals surface area contributed by atoms with Crippen molar-refractivity contribution in [2.24, 2.45) is 0 Å². The fourth-order valence-electron chi connectivity index (χ4n) is 1.30. The van der Waals surface area contributed by atoms with E-state index in [4.69, 9.17) is 5.11 Å². The van der Waals surface area contributed by atoms with Crippen LogP contribution in [0.5, 0.6) is 0 Å². The molecular weight excluding hydrogens is 276 g/mol. The van der Waals surface area contributed by atoms with Crippen molar-refractivity contribution in [3.05, 3.63) is 29.2 Å². The summed E-state index contributed by atoms with van der Waals surface area (Å²) in [6, 6.07) is 1.46. The van der Waals surface area contributed by atoms with Gasteiger partial charge in [0, 0.05) is 13.0 Å². The van der Waals surface area contributed by atoms with E-state index in [1.165, 1.54) is 12.4 Å². The second-order valence-electron chi connectivity index (χ2n) is 3.51. The fourth-order valence-corrected chi connectivity index (χ4v) is 3.58. The number of sulfonamides is 1. The molecule has 0 unspecified atom stereocenters. The lowest BCUT2D eigenvalue weighted by Gasteiger charge is -2.02. The largest absolute Gasteiger partial charge is 0.392 e. The number of aromatic nitrogens is 3. The Labute approximate surface area is 108 Å². The van der Waals surface area contributed by atoms with Gasteiger partial charge in [-0.1, -0.05) is 0 Å². The van der Waals surface area contributed by atoms with Gasteiger partial charge in [-0.2, -0.15) is 5.10 Å². The monoisotopic (exact) mass is 288 g/mol. The Balaban J connectivity index is 1.95. The Morgan fingerprint density at radius 1 is 1.50 bits per heavy atom. The Kier molecular flexibility index (Phi) is 4.07. The molecule has 7 nitrogen and oxygen atoms in total. The van der Waals surface area contributed by atoms with Gasteiger partial charge in [-0.15, -0.1) is 11.3 Å². The molecule has 0 fully saturated rings. The van der Waals surface area contributed by atoms with Crippen LogP contribution in [0.25, 0.3) is 0 Å². The fraction of sp³-hybridized carbons (Fsp3) is 0.333. The molecule has 2 aromatic heterocycles. The minimum absolute atomic E-state index is 0.163. The predicted molar refractivity (Wildman–Crippen MR) is 65.5 cm³/mol. The molecule has 0 saturated heterocycles. The Bertz CT molecular complexity index is 591. The number of aliphatic hydroxyl groups is 1. The van der Waals surface area contributed by atoms with Crippen molar-refractivity contribution in [2.75, 3.05) is 6.54 Å². The number of hydrogen-bond donors (Lipinski definition) is 3. The molecule has 98 valence electrons. The predicted octanol–water partition coefficient (Wildman–Crippen LogP) is -0.121. The molecule has 18 heavy (non-hydrogen) atoms. The van der Waals surface area contributed by atoms with Crippen LogP contribution in [0.4, 0.5) is 0 Å². The van der Waals surface area contributed by atoms with Crippen LogP contribution in [0.3, 0.4) is 0 Å². The maximum atomic E-state index is 11.9. The van der Waals surface area contributed by atoms with Crippen molar-refractivity contribution in [1.82, 2.24) is 19.9 Å². The molecule has 0 aliphatic rings. The maximum Gasteiger partial charge on any atom is 0.250 e. The zero-order valence-electron chi connectivity index (χ0n) is 9.33. The van der Waals surface area contributed by atoms with Crippen LogP contribution >= 0.6 is 11.3 Å². The first-order chi connectivity index (χ1) is 8.62. The lowest BCUT2D eigenvalue weighted by atomic mass is 10.4. The summed E-state index contributed by atoms with van der Waals surface area (Å²) in [4.78, 5) is 3.89. The smallest absolute Gasteiger partial charge is 0.250 e. The molecule has 2 rings (SSSR count). The van der Waals surface area contributed by atoms with Crippen molar-refractivity contribution >= 4 is 21.4 Å². The van der Waals surface area contributed by atoms with Gasteiger partial charge in [-0.25, -0.2) is 18.1 Å². The topological polar surface area (TPSA) is 108 Å². The van der Waals surface area contributed by atoms with E-state index >= 15 is 0 Å². The summed E-state index contributed by atoms with van der Waals surface area (Å²) in [7, 11) is -3.51. The highest BCUT2D eigenvalue weighted by Gasteiger charge is 2.16. The van der Waals surface area contributed by atoms with E-state index in [1.807, 2.05) is 0 Å². The van der Waals surface area contributed by atoms with Crippen molar-refractivity contribution < 1.29 is 13.5 Å². The van der Waals surface area contributed by atoms with Crippen molar-refractivity contribution in [3.63, 3.8) is 0 Å². The summed E-state index contributed by atoms with van der Waals surface area (Å²) in [6.45, 7) is 0.0774. The first kappa shape index (κ1) is 13.1. The van der Waals surface area contributed by atoms with Crippen LogP contribution in [-0.2, 0) is 23.1 Å². The van der Waals surface area contributed by atoms with E-state index in [0.29, 0.717) is 17.8 Å². The van der Waals surface area contributed by atoms with Gasteiger partial charge in [-0.3, -0.25) is 5.10 Å². The summed E-state index contributed by atoms with van der Waals surface area (Å²) in [5.74, 6) is 0.625. The first-order valence-electron chi connectivity index (χ1n) is 5.14. The zero-order valence-corrected chi connectivity index (χ0v) is 11.0. The number of thiophene rings is 1. The molecule has 0 bridgehead atoms. The normalized spacial score (nSPS) is 11.8. The van der Waals surface area contributed by atoms with Gasteiger partial charge in [0.25, 0.3) is 0 Å². The molecule has 0 amide bonds. The maximum absolute atomic E-state index is 11.9. The van der Waals surface area contributed by atoms with Gasteiger partial charge in [0.1, 0.15) is 16.4 Å². The van der Waals surface area contributed by atoms with Crippen LogP contribution in [0, 0.1) is 0 Å². The Morgan fingerprint density at radius 2 is 2.33 bits per heavy atom. The van der Waals surface area contributed by atoms with E-state index in [2.05, 4.69) is 19.9 Å². The van der Waals surface area contributed by atoms with Crippen LogP contribution in [-0.4, -0.2) is 35.3 Å². The SMILES string of the molecule is O=S(=O)(NCCc1ncn[nH]1)c1cc(CO)cs1. The van der Waals surface area contributed by atoms with E-state index < -0.39 is 10.0 Å². The van der Waals surface area contributed by atoms with Crippen molar-refractivity contribution in [2.45, 2.75) is 17.2 Å². The molecule has 9 heteroatoms. The van der Waals surface area contributed by atoms with Gasteiger partial charge in [0.15, 0.2) is 0 Å². The van der Waals surface area contributed by atoms with Gasteiger partial charge in [0.2, 0.25) is 10.0 Å². The van der Waals surface area contributed by atoms with E-state index in [0.717, 1.165) is 11.3 Å². The van der Waals surface area contributed by atoms with Crippen LogP contribution in [0.2, 0.25) is 0 Å². The van der Waals surface area contributed by atoms with Crippen LogP contribution < -0.4 is 4.72 Å². The molecule has 0 atom stereocenters. The number of aliphatic hydroxyl groups excluding tert-OH is 1. The van der Waals surface area contributed by atoms with Crippen LogP contribution in [0.1, 0.15) is 11.4 Å². The lowest BCUT2D eigenvalue weighted by Crippen LogP contribution is -2.25. The highest BCUT2D eigenvalue weighted by molar-refractivity contribution is 7.91. The number of nitrogens with one attached hydrogen (secondary N) is 2. The summed E-state index contributed by atoms with van der Waals surface area (Å²) >= 11 is 1.08. The molecule has 0 aliphatic heterocycles. The molecule has 0 saturated carbocycles. The van der Waals surface area contributed by atoms with Gasteiger partial charge < -0.3 is 5.11 Å². The van der Waals surface area contributed by atoms with Crippen molar-refractivity contribution in [3.8, 4) is 0 Å². The number of rotatable bonds is 6. The number of hydrogen-bond acceptors (Lipinski definition) is 6. The highest BCUT2D eigenvalue weighted by atomic mass is 32.2. The zero-order chi connectivity index (χ0) is 13.0. The average molecular weight is 288 g/mol. The highest BCUT2D eigenvalue weighted by Crippen LogP contribution is 2.19. The number of nitrogens with zero attached hydrogens (tertiary/aromatic N) is 2. The Hall–Kier alpha value is -1.29. The third-order valence-electron chi connectivity index (χ3n) is 2.20. The third-order valence-corrected chi connectivity index (χ3v) is 5.15. The molecule has 0 aliphatic carbocycles. The minimum Gasteiger partial charge on any atom is -0.392 e. The van der Waals surface area contributed by atoms with Gasteiger partial charge in [-0.05, 0) is 17.0 Å². The number of H-pyrrole nitrogens is 1. The molecule has 0 aromatic carbocycles. The molecule has 2 aromatic rings. The first-order valence-corrected chi connectivity index (χ1v) is 7.50. The lowest BCUT2D eigenvalue weighted by molar-refractivity contribution is 0.282. The van der Waals surface area contributed by atoms with Crippen LogP contribution in [0.15, 0.2) is 22.0 Å². The second kappa shape index (κ2) is 5.57. The quantitative estimate of drug-likeness (QED) is 0.687. The summed E-state index contributed by atoms with van der Waals surface area (Å²) in [5.41, 5.74) is 0.593. The third kappa shape index (κ3) is 3.13. The molecule has 0 radical (unpaired) electrons. The summed E-state index contributed by atoms with van der Waals surface area (Å²) in [5, 5.41) is 16.8. The summed E-state index contributed by atoms with van der Waals surface area (Å²) in [6.07, 6.45) is 1.81. The Morgan fingerprint density at radius 3 is 2.94 bits per heavy atom. The average Bonchev–Trinajstić information content (AvgIpc) is 2.99. The molecule has 2 heterocycles. The van der Waals surface area contributed by atoms with Gasteiger partial charge >= 0.3 is 0 Å². The van der Waals surface area contributed by atoms with Crippen molar-refractivity contribution in [1.29, 1.82) is 0 Å². The molecular formula is C9H12N4O3S2. The number of aromatic amines is 1. The van der Waals surface area contributed by atoms with E-state index in [9.17, 15) is 8.42 Å².